The van der Waals surface area contributed by atoms with E-state index in [9.17, 15) is 9.18 Å². The molecule has 0 spiro atoms. The number of carbonyl (C=O) groups is 1. The average Bonchev–Trinajstić information content (AvgIpc) is 2.33. The molecule has 1 aliphatic heterocycles. The van der Waals surface area contributed by atoms with Gasteiger partial charge in [0.25, 0.3) is 0 Å². The summed E-state index contributed by atoms with van der Waals surface area (Å²) < 4.78 is 18.7. The molecule has 0 saturated carbocycles. The van der Waals surface area contributed by atoms with Crippen LogP contribution in [0.15, 0.2) is 12.1 Å². The molecule has 0 aromatic heterocycles. The third-order valence-corrected chi connectivity index (χ3v) is 3.55. The predicted octanol–water partition coefficient (Wildman–Crippen LogP) is 3.08. The van der Waals surface area contributed by atoms with Crippen molar-refractivity contribution in [3.05, 3.63) is 33.6 Å². The lowest BCUT2D eigenvalue weighted by Crippen LogP contribution is -2.48. The van der Waals surface area contributed by atoms with Gasteiger partial charge in [-0.1, -0.05) is 23.2 Å². The van der Waals surface area contributed by atoms with Crippen LogP contribution in [0.5, 0.6) is 0 Å². The summed E-state index contributed by atoms with van der Waals surface area (Å²) in [5.74, 6) is -0.869. The van der Waals surface area contributed by atoms with Gasteiger partial charge in [0.05, 0.1) is 23.3 Å². The Kier molecular flexibility index (Phi) is 4.79. The first-order valence-electron chi connectivity index (χ1n) is 5.99. The second kappa shape index (κ2) is 6.18. The molecule has 1 aromatic carbocycles. The number of hydrogen-bond acceptors (Lipinski definition) is 3. The van der Waals surface area contributed by atoms with Gasteiger partial charge >= 0.3 is 0 Å². The lowest BCUT2D eigenvalue weighted by atomic mass is 10.0. The summed E-state index contributed by atoms with van der Waals surface area (Å²) >= 11 is 11.5. The Balaban J connectivity index is 2.09. The molecule has 1 N–H and O–H groups in total. The highest BCUT2D eigenvalue weighted by Gasteiger charge is 2.23. The predicted molar refractivity (Wildman–Crippen MR) is 72.6 cm³/mol. The number of morpholine rings is 1. The van der Waals surface area contributed by atoms with Crippen LogP contribution in [0, 0.1) is 5.82 Å². The topological polar surface area (TPSA) is 38.3 Å². The van der Waals surface area contributed by atoms with Crippen molar-refractivity contribution in [3.63, 3.8) is 0 Å². The molecule has 6 heteroatoms. The Hall–Kier alpha value is -0.680. The molecule has 19 heavy (non-hydrogen) atoms. The molecule has 0 bridgehead atoms. The Labute approximate surface area is 121 Å². The molecule has 1 aromatic rings. The van der Waals surface area contributed by atoms with Crippen LogP contribution in [0.1, 0.15) is 23.7 Å². The zero-order valence-electron chi connectivity index (χ0n) is 10.4. The normalized spacial score (nSPS) is 23.4. The number of halogens is 3. The SMILES string of the molecule is CC1COCC(CC(=O)c2cc(F)c(Cl)cc2Cl)N1. The van der Waals surface area contributed by atoms with E-state index in [-0.39, 0.29) is 39.9 Å². The molecular formula is C13H14Cl2FNO2. The van der Waals surface area contributed by atoms with Gasteiger partial charge in [-0.3, -0.25) is 4.79 Å². The van der Waals surface area contributed by atoms with Gasteiger partial charge in [0.15, 0.2) is 5.78 Å². The van der Waals surface area contributed by atoms with Crippen LogP contribution in [-0.4, -0.2) is 31.1 Å². The van der Waals surface area contributed by atoms with Gasteiger partial charge in [0, 0.05) is 24.1 Å². The molecule has 0 radical (unpaired) electrons. The Morgan fingerprint density at radius 3 is 2.84 bits per heavy atom. The van der Waals surface area contributed by atoms with E-state index in [1.54, 1.807) is 0 Å². The van der Waals surface area contributed by atoms with E-state index in [1.165, 1.54) is 6.07 Å². The summed E-state index contributed by atoms with van der Waals surface area (Å²) in [6.45, 7) is 3.07. The van der Waals surface area contributed by atoms with Crippen LogP contribution in [0.2, 0.25) is 10.0 Å². The number of rotatable bonds is 3. The third kappa shape index (κ3) is 3.66. The maximum atomic E-state index is 13.4. The lowest BCUT2D eigenvalue weighted by Gasteiger charge is -2.28. The molecule has 0 aliphatic carbocycles. The molecular weight excluding hydrogens is 292 g/mol. The van der Waals surface area contributed by atoms with Crippen molar-refractivity contribution in [2.24, 2.45) is 0 Å². The van der Waals surface area contributed by atoms with E-state index in [1.807, 2.05) is 6.92 Å². The number of benzene rings is 1. The number of hydrogen-bond donors (Lipinski definition) is 1. The molecule has 1 saturated heterocycles. The van der Waals surface area contributed by atoms with Crippen LogP contribution in [0.25, 0.3) is 0 Å². The number of nitrogens with one attached hydrogen (secondary N) is 1. The Morgan fingerprint density at radius 2 is 2.16 bits per heavy atom. The highest BCUT2D eigenvalue weighted by Crippen LogP contribution is 2.25. The first kappa shape index (κ1) is 14.7. The van der Waals surface area contributed by atoms with Crippen molar-refractivity contribution < 1.29 is 13.9 Å². The zero-order chi connectivity index (χ0) is 14.0. The largest absolute Gasteiger partial charge is 0.378 e. The molecule has 0 amide bonds. The number of carbonyl (C=O) groups excluding carboxylic acids is 1. The van der Waals surface area contributed by atoms with Gasteiger partial charge in [-0.2, -0.15) is 0 Å². The molecule has 1 fully saturated rings. The summed E-state index contributed by atoms with van der Waals surface area (Å²) in [6, 6.07) is 2.45. The van der Waals surface area contributed by atoms with Gasteiger partial charge < -0.3 is 10.1 Å². The first-order chi connectivity index (χ1) is 8.97. The summed E-state index contributed by atoms with van der Waals surface area (Å²) in [5, 5.41) is 3.33. The second-order valence-electron chi connectivity index (χ2n) is 4.68. The fourth-order valence-electron chi connectivity index (χ4n) is 2.07. The molecule has 104 valence electrons. The minimum absolute atomic E-state index is 0.0777. The van der Waals surface area contributed by atoms with Crippen LogP contribution < -0.4 is 5.32 Å². The van der Waals surface area contributed by atoms with Crippen molar-refractivity contribution in [1.29, 1.82) is 0 Å². The monoisotopic (exact) mass is 305 g/mol. The fraction of sp³-hybridized carbons (Fsp3) is 0.462. The van der Waals surface area contributed by atoms with Gasteiger partial charge in [0.1, 0.15) is 5.82 Å². The Bertz CT molecular complexity index is 496. The van der Waals surface area contributed by atoms with Gasteiger partial charge in [-0.15, -0.1) is 0 Å². The van der Waals surface area contributed by atoms with E-state index >= 15 is 0 Å². The highest BCUT2D eigenvalue weighted by molar-refractivity contribution is 6.36. The highest BCUT2D eigenvalue weighted by atomic mass is 35.5. The molecule has 3 nitrogen and oxygen atoms in total. The maximum Gasteiger partial charge on any atom is 0.166 e. The van der Waals surface area contributed by atoms with E-state index < -0.39 is 5.82 Å². The molecule has 1 heterocycles. The van der Waals surface area contributed by atoms with Crippen molar-refractivity contribution in [2.75, 3.05) is 13.2 Å². The number of Topliss-reactive ketones (excluding diaryl/α,β-unsaturated/α-hetero) is 1. The third-order valence-electron chi connectivity index (χ3n) is 2.95. The van der Waals surface area contributed by atoms with Gasteiger partial charge in [-0.05, 0) is 19.1 Å². The van der Waals surface area contributed by atoms with Crippen LogP contribution in [0.3, 0.4) is 0 Å². The molecule has 2 rings (SSSR count). The summed E-state index contributed by atoms with van der Waals surface area (Å²) in [5.41, 5.74) is 0.156. The van der Waals surface area contributed by atoms with E-state index in [0.29, 0.717) is 13.2 Å². The molecule has 2 unspecified atom stereocenters. The fourth-order valence-corrected chi connectivity index (χ4v) is 2.56. The van der Waals surface area contributed by atoms with Crippen molar-refractivity contribution in [2.45, 2.75) is 25.4 Å². The van der Waals surface area contributed by atoms with Crippen LogP contribution in [0.4, 0.5) is 4.39 Å². The van der Waals surface area contributed by atoms with Crippen molar-refractivity contribution >= 4 is 29.0 Å². The molecule has 1 aliphatic rings. The van der Waals surface area contributed by atoms with E-state index in [4.69, 9.17) is 27.9 Å². The summed E-state index contributed by atoms with van der Waals surface area (Å²) in [6.07, 6.45) is 0.213. The van der Waals surface area contributed by atoms with Crippen molar-refractivity contribution in [1.82, 2.24) is 5.32 Å². The minimum Gasteiger partial charge on any atom is -0.378 e. The van der Waals surface area contributed by atoms with Crippen molar-refractivity contribution in [3.8, 4) is 0 Å². The second-order valence-corrected chi connectivity index (χ2v) is 5.49. The number of ether oxygens (including phenoxy) is 1. The maximum absolute atomic E-state index is 13.4. The Morgan fingerprint density at radius 1 is 1.42 bits per heavy atom. The average molecular weight is 306 g/mol. The quantitative estimate of drug-likeness (QED) is 0.689. The first-order valence-corrected chi connectivity index (χ1v) is 6.74. The summed E-state index contributed by atoms with van der Waals surface area (Å²) in [7, 11) is 0. The van der Waals surface area contributed by atoms with Gasteiger partial charge in [0.2, 0.25) is 0 Å². The van der Waals surface area contributed by atoms with Gasteiger partial charge in [-0.25, -0.2) is 4.39 Å². The van der Waals surface area contributed by atoms with Crippen LogP contribution >= 0.6 is 23.2 Å². The number of ketones is 1. The van der Waals surface area contributed by atoms with E-state index in [2.05, 4.69) is 5.32 Å². The summed E-state index contributed by atoms with van der Waals surface area (Å²) in [4.78, 5) is 12.1. The smallest absolute Gasteiger partial charge is 0.166 e. The van der Waals surface area contributed by atoms with E-state index in [0.717, 1.165) is 6.07 Å². The minimum atomic E-state index is -0.643. The molecule has 2 atom stereocenters. The standard InChI is InChI=1S/C13H14Cl2FNO2/c1-7-5-19-6-8(17-7)2-13(18)9-3-12(16)11(15)4-10(9)14/h3-4,7-8,17H,2,5-6H2,1H3. The van der Waals surface area contributed by atoms with Crippen LogP contribution in [-0.2, 0) is 4.74 Å². The lowest BCUT2D eigenvalue weighted by molar-refractivity contribution is 0.0463. The zero-order valence-corrected chi connectivity index (χ0v) is 11.9.